The molecule has 1 aliphatic heterocycles. The fourth-order valence-corrected chi connectivity index (χ4v) is 5.28. The minimum atomic E-state index is -1.10. The van der Waals surface area contributed by atoms with E-state index in [1.54, 1.807) is 0 Å². The summed E-state index contributed by atoms with van der Waals surface area (Å²) in [7, 11) is 0. The van der Waals surface area contributed by atoms with E-state index < -0.39 is 24.1 Å². The number of carboxylic acids is 1. The van der Waals surface area contributed by atoms with E-state index in [-0.39, 0.29) is 43.5 Å². The number of fused-ring (bicyclic) bond motifs is 3. The first kappa shape index (κ1) is 27.6. The predicted molar refractivity (Wildman–Crippen MR) is 145 cm³/mol. The van der Waals surface area contributed by atoms with Gasteiger partial charge < -0.3 is 25.8 Å². The molecule has 1 heterocycles. The minimum Gasteiger partial charge on any atom is -0.480 e. The van der Waals surface area contributed by atoms with Crippen LogP contribution in [0.25, 0.3) is 11.1 Å². The molecule has 2 aromatic carbocycles. The lowest BCUT2D eigenvalue weighted by Gasteiger charge is -2.27. The molecular formula is C29H38N4O5. The molecule has 204 valence electrons. The van der Waals surface area contributed by atoms with Crippen LogP contribution in [0.1, 0.15) is 56.6 Å². The molecule has 2 amide bonds. The number of aliphatic carboxylic acids is 1. The van der Waals surface area contributed by atoms with Gasteiger partial charge in [0.2, 0.25) is 5.91 Å². The number of carboxylic acid groups (broad SMARTS) is 1. The fraction of sp³-hybridized carbons (Fsp3) is 0.483. The molecule has 0 spiro atoms. The highest BCUT2D eigenvalue weighted by atomic mass is 16.5. The summed E-state index contributed by atoms with van der Waals surface area (Å²) >= 11 is 0. The van der Waals surface area contributed by atoms with E-state index >= 15 is 0 Å². The van der Waals surface area contributed by atoms with Gasteiger partial charge in [-0.25, -0.2) is 9.59 Å². The first-order valence-electron chi connectivity index (χ1n) is 13.5. The Kier molecular flexibility index (Phi) is 9.36. The van der Waals surface area contributed by atoms with Gasteiger partial charge in [0.25, 0.3) is 0 Å². The Morgan fingerprint density at radius 2 is 1.71 bits per heavy atom. The summed E-state index contributed by atoms with van der Waals surface area (Å²) in [5.41, 5.74) is 4.60. The molecule has 1 aliphatic carbocycles. The van der Waals surface area contributed by atoms with Gasteiger partial charge in [-0.3, -0.25) is 10.1 Å². The predicted octanol–water partition coefficient (Wildman–Crippen LogP) is 3.20. The van der Waals surface area contributed by atoms with E-state index in [0.29, 0.717) is 6.42 Å². The summed E-state index contributed by atoms with van der Waals surface area (Å²) in [6.07, 6.45) is 2.05. The molecule has 0 bridgehead atoms. The lowest BCUT2D eigenvalue weighted by Crippen LogP contribution is -2.56. The van der Waals surface area contributed by atoms with Gasteiger partial charge in [0, 0.05) is 12.5 Å². The molecule has 0 aromatic heterocycles. The summed E-state index contributed by atoms with van der Waals surface area (Å²) < 4.78 is 5.53. The van der Waals surface area contributed by atoms with Crippen molar-refractivity contribution in [3.8, 4) is 11.1 Å². The number of hydrogen-bond acceptors (Lipinski definition) is 6. The van der Waals surface area contributed by atoms with Gasteiger partial charge in [0.15, 0.2) is 0 Å². The molecule has 0 radical (unpaired) electrons. The zero-order chi connectivity index (χ0) is 27.1. The van der Waals surface area contributed by atoms with Gasteiger partial charge in [0.05, 0.1) is 12.2 Å². The Morgan fingerprint density at radius 3 is 2.29 bits per heavy atom. The van der Waals surface area contributed by atoms with Crippen LogP contribution < -0.4 is 21.3 Å². The van der Waals surface area contributed by atoms with Crippen LogP contribution in [0, 0.1) is 5.92 Å². The quantitative estimate of drug-likeness (QED) is 0.271. The summed E-state index contributed by atoms with van der Waals surface area (Å²) in [5, 5.41) is 21.6. The van der Waals surface area contributed by atoms with E-state index in [1.807, 2.05) is 38.1 Å². The van der Waals surface area contributed by atoms with Crippen LogP contribution >= 0.6 is 0 Å². The average molecular weight is 523 g/mol. The van der Waals surface area contributed by atoms with Gasteiger partial charge in [-0.05, 0) is 60.4 Å². The van der Waals surface area contributed by atoms with Crippen LogP contribution in [-0.4, -0.2) is 61.0 Å². The summed E-state index contributed by atoms with van der Waals surface area (Å²) in [6.45, 7) is 5.22. The van der Waals surface area contributed by atoms with Gasteiger partial charge in [-0.1, -0.05) is 62.4 Å². The number of ether oxygens (including phenoxy) is 1. The third-order valence-electron chi connectivity index (χ3n) is 7.29. The van der Waals surface area contributed by atoms with Crippen molar-refractivity contribution in [3.63, 3.8) is 0 Å². The Hall–Kier alpha value is -3.43. The molecule has 0 saturated carbocycles. The molecule has 3 atom stereocenters. The third-order valence-corrected chi connectivity index (χ3v) is 7.29. The highest BCUT2D eigenvalue weighted by Crippen LogP contribution is 2.44. The average Bonchev–Trinajstić information content (AvgIpc) is 3.53. The summed E-state index contributed by atoms with van der Waals surface area (Å²) in [6, 6.07) is 14.7. The van der Waals surface area contributed by atoms with E-state index in [1.165, 1.54) is 0 Å². The standard InChI is InChI=1S/C29H38N4O5/c1-18(2)26(33-25-14-8-15-30-25)27(34)32-24(28(35)36)13-7-16-31-29(37)38-17-23-21-11-5-3-9-19(21)20-10-4-6-12-22(20)23/h3-6,9-12,18,23-26,30,33H,7-8,13-17H2,1-2H3,(H,31,37)(H,32,34)(H,35,36). The maximum atomic E-state index is 12.9. The normalized spacial score (nSPS) is 17.9. The SMILES string of the molecule is CC(C)C(NC1CCCN1)C(=O)NC(CCCNC(=O)OCC1c2ccccc2-c2ccccc21)C(=O)O. The zero-order valence-electron chi connectivity index (χ0n) is 22.0. The molecule has 4 rings (SSSR count). The molecule has 2 aliphatic rings. The van der Waals surface area contributed by atoms with Crippen molar-refractivity contribution >= 4 is 18.0 Å². The maximum Gasteiger partial charge on any atom is 0.407 e. The smallest absolute Gasteiger partial charge is 0.407 e. The lowest BCUT2D eigenvalue weighted by molar-refractivity contribution is -0.142. The van der Waals surface area contributed by atoms with Crippen molar-refractivity contribution in [1.82, 2.24) is 21.3 Å². The number of carbonyl (C=O) groups excluding carboxylic acids is 2. The Labute approximate surface area is 223 Å². The van der Waals surface area contributed by atoms with Crippen LogP contribution in [0.4, 0.5) is 4.79 Å². The summed E-state index contributed by atoms with van der Waals surface area (Å²) in [5.74, 6) is -1.45. The molecule has 2 aromatic rings. The number of amides is 2. The second kappa shape index (κ2) is 12.9. The molecule has 38 heavy (non-hydrogen) atoms. The van der Waals surface area contributed by atoms with Crippen molar-refractivity contribution in [2.75, 3.05) is 19.7 Å². The van der Waals surface area contributed by atoms with Gasteiger partial charge in [0.1, 0.15) is 12.6 Å². The molecule has 1 fully saturated rings. The van der Waals surface area contributed by atoms with E-state index in [4.69, 9.17) is 4.74 Å². The molecule has 5 N–H and O–H groups in total. The van der Waals surface area contributed by atoms with E-state index in [9.17, 15) is 19.5 Å². The Morgan fingerprint density at radius 1 is 1.05 bits per heavy atom. The van der Waals surface area contributed by atoms with Crippen LogP contribution in [0.5, 0.6) is 0 Å². The maximum absolute atomic E-state index is 12.9. The van der Waals surface area contributed by atoms with Gasteiger partial charge in [-0.15, -0.1) is 0 Å². The first-order valence-corrected chi connectivity index (χ1v) is 13.5. The second-order valence-corrected chi connectivity index (χ2v) is 10.3. The number of carbonyl (C=O) groups is 3. The molecule has 1 saturated heterocycles. The van der Waals surface area contributed by atoms with E-state index in [2.05, 4.69) is 45.5 Å². The van der Waals surface area contributed by atoms with Crippen LogP contribution in [-0.2, 0) is 14.3 Å². The third kappa shape index (κ3) is 6.71. The van der Waals surface area contributed by atoms with Crippen LogP contribution in [0.3, 0.4) is 0 Å². The number of hydrogen-bond donors (Lipinski definition) is 5. The van der Waals surface area contributed by atoms with Crippen LogP contribution in [0.2, 0.25) is 0 Å². The Balaban J connectivity index is 1.22. The summed E-state index contributed by atoms with van der Waals surface area (Å²) in [4.78, 5) is 37.0. The number of alkyl carbamates (subject to hydrolysis) is 1. The van der Waals surface area contributed by atoms with Crippen molar-refractivity contribution in [3.05, 3.63) is 59.7 Å². The molecular weight excluding hydrogens is 484 g/mol. The van der Waals surface area contributed by atoms with Crippen LogP contribution in [0.15, 0.2) is 48.5 Å². The minimum absolute atomic E-state index is 0.00193. The van der Waals surface area contributed by atoms with E-state index in [0.717, 1.165) is 41.6 Å². The van der Waals surface area contributed by atoms with Crippen molar-refractivity contribution in [2.24, 2.45) is 5.92 Å². The highest BCUT2D eigenvalue weighted by Gasteiger charge is 2.30. The zero-order valence-corrected chi connectivity index (χ0v) is 22.0. The van der Waals surface area contributed by atoms with Gasteiger partial charge >= 0.3 is 12.1 Å². The number of benzene rings is 2. The molecule has 3 unspecified atom stereocenters. The van der Waals surface area contributed by atoms with Crippen molar-refractivity contribution in [1.29, 1.82) is 0 Å². The van der Waals surface area contributed by atoms with Crippen molar-refractivity contribution < 1.29 is 24.2 Å². The number of rotatable bonds is 12. The monoisotopic (exact) mass is 522 g/mol. The van der Waals surface area contributed by atoms with Gasteiger partial charge in [-0.2, -0.15) is 0 Å². The first-order chi connectivity index (χ1) is 18.3. The van der Waals surface area contributed by atoms with Crippen molar-refractivity contribution in [2.45, 2.75) is 63.7 Å². The Bertz CT molecular complexity index is 1090. The molecule has 9 heteroatoms. The number of nitrogens with one attached hydrogen (secondary N) is 4. The largest absolute Gasteiger partial charge is 0.480 e. The lowest BCUT2D eigenvalue weighted by atomic mass is 9.98. The fourth-order valence-electron chi connectivity index (χ4n) is 5.28. The topological polar surface area (TPSA) is 129 Å². The second-order valence-electron chi connectivity index (χ2n) is 10.3. The highest BCUT2D eigenvalue weighted by molar-refractivity contribution is 5.87. The molecule has 9 nitrogen and oxygen atoms in total.